The van der Waals surface area contributed by atoms with Crippen LogP contribution in [0.5, 0.6) is 0 Å². The number of amides is 1. The van der Waals surface area contributed by atoms with Crippen molar-refractivity contribution in [2.75, 3.05) is 13.2 Å². The van der Waals surface area contributed by atoms with Crippen LogP contribution in [0.2, 0.25) is 10.2 Å². The van der Waals surface area contributed by atoms with Crippen LogP contribution in [0.1, 0.15) is 5.56 Å². The third-order valence-corrected chi connectivity index (χ3v) is 2.84. The fourth-order valence-corrected chi connectivity index (χ4v) is 1.64. The van der Waals surface area contributed by atoms with E-state index in [1.807, 2.05) is 0 Å². The molecular formula is C10H9Cl2N3O2. The van der Waals surface area contributed by atoms with Gasteiger partial charge >= 0.3 is 6.09 Å². The lowest BCUT2D eigenvalue weighted by Crippen LogP contribution is -2.26. The minimum absolute atomic E-state index is 0.207. The third-order valence-electron chi connectivity index (χ3n) is 2.15. The van der Waals surface area contributed by atoms with Crippen molar-refractivity contribution in [1.29, 1.82) is 0 Å². The van der Waals surface area contributed by atoms with Crippen LogP contribution < -0.4 is 5.32 Å². The molecule has 0 aromatic carbocycles. The average Bonchev–Trinajstić information content (AvgIpc) is 2.70. The Morgan fingerprint density at radius 2 is 2.29 bits per heavy atom. The van der Waals surface area contributed by atoms with E-state index in [4.69, 9.17) is 23.2 Å². The zero-order valence-electron chi connectivity index (χ0n) is 8.74. The van der Waals surface area contributed by atoms with Gasteiger partial charge in [0.15, 0.2) is 6.61 Å². The molecule has 7 heteroatoms. The first kappa shape index (κ1) is 12.1. The number of rotatable bonds is 3. The van der Waals surface area contributed by atoms with E-state index in [0.29, 0.717) is 29.0 Å². The Morgan fingerprint density at radius 3 is 2.94 bits per heavy atom. The maximum Gasteiger partial charge on any atom is 0.435 e. The second-order valence-corrected chi connectivity index (χ2v) is 4.17. The summed E-state index contributed by atoms with van der Waals surface area (Å²) in [5.74, 6) is 0.544. The predicted molar refractivity (Wildman–Crippen MR) is 64.7 cm³/mol. The Labute approximate surface area is 108 Å². The number of carbonyl (C=O) groups excluding carboxylic acids is 1. The minimum atomic E-state index is -0.552. The zero-order valence-corrected chi connectivity index (χ0v) is 10.3. The first-order valence-corrected chi connectivity index (χ1v) is 5.69. The van der Waals surface area contributed by atoms with Crippen LogP contribution in [0.3, 0.4) is 0 Å². The Morgan fingerprint density at radius 1 is 1.47 bits per heavy atom. The number of nitrogens with one attached hydrogen (secondary N) is 1. The number of aliphatic imine (C=N–C) groups is 1. The summed E-state index contributed by atoms with van der Waals surface area (Å²) in [6.45, 7) is 0.827. The summed E-state index contributed by atoms with van der Waals surface area (Å²) in [6, 6.07) is 1.76. The van der Waals surface area contributed by atoms with E-state index in [0.717, 1.165) is 5.56 Å². The van der Waals surface area contributed by atoms with Crippen LogP contribution in [0.15, 0.2) is 17.3 Å². The van der Waals surface area contributed by atoms with E-state index < -0.39 is 6.09 Å². The molecule has 0 atom stereocenters. The van der Waals surface area contributed by atoms with Crippen LogP contribution in [0.25, 0.3) is 0 Å². The summed E-state index contributed by atoms with van der Waals surface area (Å²) in [7, 11) is 0. The molecule has 0 fully saturated rings. The molecule has 1 aromatic rings. The molecule has 0 unspecified atom stereocenters. The van der Waals surface area contributed by atoms with Crippen molar-refractivity contribution >= 4 is 35.1 Å². The van der Waals surface area contributed by atoms with E-state index in [9.17, 15) is 4.79 Å². The van der Waals surface area contributed by atoms with Crippen LogP contribution in [0, 0.1) is 0 Å². The molecule has 90 valence electrons. The number of carbonyl (C=O) groups is 1. The molecule has 5 nitrogen and oxygen atoms in total. The van der Waals surface area contributed by atoms with Gasteiger partial charge in [-0.05, 0) is 18.1 Å². The van der Waals surface area contributed by atoms with Gasteiger partial charge in [-0.15, -0.1) is 0 Å². The second kappa shape index (κ2) is 5.33. The largest absolute Gasteiger partial charge is 0.440 e. The molecular weight excluding hydrogens is 265 g/mol. The van der Waals surface area contributed by atoms with Gasteiger partial charge in [0.25, 0.3) is 0 Å². The topological polar surface area (TPSA) is 63.6 Å². The Balaban J connectivity index is 1.84. The van der Waals surface area contributed by atoms with Crippen molar-refractivity contribution in [3.05, 3.63) is 28.0 Å². The van der Waals surface area contributed by atoms with Crippen LogP contribution >= 0.6 is 23.2 Å². The number of hydrogen-bond donors (Lipinski definition) is 1. The van der Waals surface area contributed by atoms with E-state index >= 15 is 0 Å². The lowest BCUT2D eigenvalue weighted by Gasteiger charge is -2.05. The molecule has 0 radical (unpaired) electrons. The normalized spacial score (nSPS) is 14.5. The van der Waals surface area contributed by atoms with E-state index in [2.05, 4.69) is 20.0 Å². The Bertz CT molecular complexity index is 477. The summed E-state index contributed by atoms with van der Waals surface area (Å²) in [4.78, 5) is 18.2. The highest BCUT2D eigenvalue weighted by Crippen LogP contribution is 2.19. The lowest BCUT2D eigenvalue weighted by atomic mass is 10.2. The van der Waals surface area contributed by atoms with Crippen molar-refractivity contribution in [3.63, 3.8) is 0 Å². The van der Waals surface area contributed by atoms with Crippen molar-refractivity contribution in [1.82, 2.24) is 10.3 Å². The lowest BCUT2D eigenvalue weighted by molar-refractivity contribution is 0.180. The molecule has 0 aliphatic carbocycles. The molecule has 0 bridgehead atoms. The van der Waals surface area contributed by atoms with Crippen molar-refractivity contribution in [2.24, 2.45) is 4.99 Å². The molecule has 0 saturated carbocycles. The fourth-order valence-electron chi connectivity index (χ4n) is 1.34. The SMILES string of the molecule is O=C1N=C(NCCc2cnc(Cl)c(Cl)c2)CO1. The van der Waals surface area contributed by atoms with E-state index in [-0.39, 0.29) is 6.61 Å². The van der Waals surface area contributed by atoms with Crippen LogP contribution in [0.4, 0.5) is 4.79 Å². The highest BCUT2D eigenvalue weighted by molar-refractivity contribution is 6.41. The summed E-state index contributed by atoms with van der Waals surface area (Å²) >= 11 is 11.5. The molecule has 0 saturated heterocycles. The second-order valence-electron chi connectivity index (χ2n) is 3.41. The van der Waals surface area contributed by atoms with Gasteiger partial charge in [0.1, 0.15) is 11.0 Å². The number of cyclic esters (lactones) is 1. The summed E-state index contributed by atoms with van der Waals surface area (Å²) in [6.07, 6.45) is 1.81. The van der Waals surface area contributed by atoms with Crippen LogP contribution in [-0.4, -0.2) is 30.1 Å². The quantitative estimate of drug-likeness (QED) is 0.857. The van der Waals surface area contributed by atoms with Gasteiger partial charge in [-0.3, -0.25) is 0 Å². The van der Waals surface area contributed by atoms with Gasteiger partial charge in [0.2, 0.25) is 0 Å². The number of aromatic nitrogens is 1. The molecule has 17 heavy (non-hydrogen) atoms. The molecule has 2 rings (SSSR count). The number of pyridine rings is 1. The molecule has 1 aromatic heterocycles. The molecule has 0 spiro atoms. The van der Waals surface area contributed by atoms with Gasteiger partial charge in [-0.1, -0.05) is 23.2 Å². The van der Waals surface area contributed by atoms with Crippen LogP contribution in [-0.2, 0) is 11.2 Å². The fraction of sp³-hybridized carbons (Fsp3) is 0.300. The van der Waals surface area contributed by atoms with Gasteiger partial charge in [-0.25, -0.2) is 9.78 Å². The van der Waals surface area contributed by atoms with Gasteiger partial charge in [0.05, 0.1) is 5.02 Å². The number of hydrogen-bond acceptors (Lipinski definition) is 4. The smallest absolute Gasteiger partial charge is 0.435 e. The van der Waals surface area contributed by atoms with Gasteiger partial charge in [0, 0.05) is 12.7 Å². The van der Waals surface area contributed by atoms with E-state index in [1.165, 1.54) is 0 Å². The maximum absolute atomic E-state index is 10.7. The highest BCUT2D eigenvalue weighted by atomic mass is 35.5. The van der Waals surface area contributed by atoms with Crippen molar-refractivity contribution < 1.29 is 9.53 Å². The summed E-state index contributed by atoms with van der Waals surface area (Å²) < 4.78 is 4.65. The molecule has 1 N–H and O–H groups in total. The summed E-state index contributed by atoms with van der Waals surface area (Å²) in [5.41, 5.74) is 0.956. The third kappa shape index (κ3) is 3.31. The molecule has 1 aliphatic rings. The van der Waals surface area contributed by atoms with Gasteiger partial charge in [-0.2, -0.15) is 4.99 Å². The predicted octanol–water partition coefficient (Wildman–Crippen LogP) is 2.07. The summed E-state index contributed by atoms with van der Waals surface area (Å²) in [5, 5.41) is 3.72. The number of nitrogens with zero attached hydrogens (tertiary/aromatic N) is 2. The standard InChI is InChI=1S/C10H9Cl2N3O2/c11-7-3-6(4-14-9(7)12)1-2-13-8-5-17-10(16)15-8/h3-4H,1-2,5H2,(H,13,15,16). The van der Waals surface area contributed by atoms with E-state index in [1.54, 1.807) is 12.3 Å². The average molecular weight is 274 g/mol. The molecule has 2 heterocycles. The van der Waals surface area contributed by atoms with Gasteiger partial charge < -0.3 is 10.1 Å². The van der Waals surface area contributed by atoms with Crippen molar-refractivity contribution in [2.45, 2.75) is 6.42 Å². The molecule has 1 aliphatic heterocycles. The first-order chi connectivity index (χ1) is 8.15. The number of amidine groups is 1. The van der Waals surface area contributed by atoms with Crippen molar-refractivity contribution in [3.8, 4) is 0 Å². The minimum Gasteiger partial charge on any atom is -0.440 e. The monoisotopic (exact) mass is 273 g/mol. The number of ether oxygens (including phenoxy) is 1. The zero-order chi connectivity index (χ0) is 12.3. The number of halogens is 2. The molecule has 1 amide bonds. The highest BCUT2D eigenvalue weighted by Gasteiger charge is 2.13. The maximum atomic E-state index is 10.7. The Hall–Kier alpha value is -1.33. The first-order valence-electron chi connectivity index (χ1n) is 4.93. The Kier molecular flexibility index (Phi) is 3.81.